The van der Waals surface area contributed by atoms with Crippen molar-refractivity contribution in [3.8, 4) is 5.75 Å². The van der Waals surface area contributed by atoms with E-state index < -0.39 is 18.1 Å². The van der Waals surface area contributed by atoms with Crippen LogP contribution in [-0.2, 0) is 9.59 Å². The van der Waals surface area contributed by atoms with E-state index in [1.165, 1.54) is 14.0 Å². The molecule has 1 N–H and O–H groups in total. The number of halogens is 1. The number of likely N-dealkylation sites (N-methyl/N-ethyl adjacent to an activating group) is 1. The summed E-state index contributed by atoms with van der Waals surface area (Å²) in [6.45, 7) is 5.00. The lowest BCUT2D eigenvalue weighted by Gasteiger charge is -2.25. The van der Waals surface area contributed by atoms with E-state index in [1.54, 1.807) is 13.0 Å². The number of hydrogen-bond acceptors (Lipinski definition) is 3. The molecule has 0 heterocycles. The van der Waals surface area contributed by atoms with Gasteiger partial charge in [0.1, 0.15) is 11.8 Å². The fraction of sp³-hybridized carbons (Fsp3) is 0.429. The Hall–Kier alpha value is -1.56. The van der Waals surface area contributed by atoms with Gasteiger partial charge in [-0.05, 0) is 54.4 Å². The van der Waals surface area contributed by atoms with E-state index in [0.29, 0.717) is 5.75 Å². The van der Waals surface area contributed by atoms with Crippen LogP contribution in [0.3, 0.4) is 0 Å². The van der Waals surface area contributed by atoms with Crippen molar-refractivity contribution in [2.75, 3.05) is 7.05 Å². The summed E-state index contributed by atoms with van der Waals surface area (Å²) in [6, 6.07) is 4.64. The van der Waals surface area contributed by atoms with Gasteiger partial charge in [-0.25, -0.2) is 4.79 Å². The van der Waals surface area contributed by atoms with Crippen LogP contribution in [0.25, 0.3) is 0 Å². The first kappa shape index (κ1) is 16.5. The summed E-state index contributed by atoms with van der Waals surface area (Å²) >= 11 is 3.37. The first-order valence-electron chi connectivity index (χ1n) is 6.16. The second kappa shape index (κ2) is 6.74. The molecule has 1 amide bonds. The van der Waals surface area contributed by atoms with Crippen molar-refractivity contribution in [3.63, 3.8) is 0 Å². The molecule has 20 heavy (non-hydrogen) atoms. The summed E-state index contributed by atoms with van der Waals surface area (Å²) in [6.07, 6.45) is -0.763. The zero-order valence-electron chi connectivity index (χ0n) is 11.9. The lowest BCUT2D eigenvalue weighted by atomic mass is 10.2. The van der Waals surface area contributed by atoms with Crippen LogP contribution in [-0.4, -0.2) is 41.1 Å². The van der Waals surface area contributed by atoms with E-state index >= 15 is 0 Å². The van der Waals surface area contributed by atoms with Gasteiger partial charge in [0.05, 0.1) is 4.47 Å². The first-order chi connectivity index (χ1) is 9.23. The van der Waals surface area contributed by atoms with Gasteiger partial charge in [-0.2, -0.15) is 0 Å². The van der Waals surface area contributed by atoms with Crippen LogP contribution < -0.4 is 4.74 Å². The third kappa shape index (κ3) is 3.96. The lowest BCUT2D eigenvalue weighted by molar-refractivity contribution is -0.150. The molecule has 6 heteroatoms. The van der Waals surface area contributed by atoms with Gasteiger partial charge >= 0.3 is 5.97 Å². The van der Waals surface area contributed by atoms with Gasteiger partial charge in [0.15, 0.2) is 6.10 Å². The predicted molar refractivity (Wildman–Crippen MR) is 78.8 cm³/mol. The molecule has 110 valence electrons. The minimum absolute atomic E-state index is 0.382. The van der Waals surface area contributed by atoms with E-state index in [9.17, 15) is 9.59 Å². The summed E-state index contributed by atoms with van der Waals surface area (Å²) in [7, 11) is 1.45. The molecule has 2 atom stereocenters. The van der Waals surface area contributed by atoms with Crippen molar-refractivity contribution >= 4 is 27.8 Å². The second-order valence-corrected chi connectivity index (χ2v) is 5.51. The fourth-order valence-electron chi connectivity index (χ4n) is 1.59. The number of hydrogen-bond donors (Lipinski definition) is 1. The van der Waals surface area contributed by atoms with Crippen LogP contribution in [0.15, 0.2) is 22.7 Å². The van der Waals surface area contributed by atoms with E-state index in [0.717, 1.165) is 14.9 Å². The molecule has 0 aliphatic rings. The monoisotopic (exact) mass is 343 g/mol. The average Bonchev–Trinajstić information content (AvgIpc) is 2.39. The zero-order chi connectivity index (χ0) is 15.4. The van der Waals surface area contributed by atoms with Crippen LogP contribution in [0.2, 0.25) is 0 Å². The SMILES string of the molecule is Cc1ccc(OC(C)C(=O)N(C)C(C)C(=O)O)c(Br)c1. The van der Waals surface area contributed by atoms with E-state index in [4.69, 9.17) is 9.84 Å². The molecular weight excluding hydrogens is 326 g/mol. The number of aryl methyl sites for hydroxylation is 1. The standard InChI is InChI=1S/C14H18BrNO4/c1-8-5-6-12(11(15)7-8)20-10(3)13(17)16(4)9(2)14(18)19/h5-7,9-10H,1-4H3,(H,18,19). The zero-order valence-corrected chi connectivity index (χ0v) is 13.5. The van der Waals surface area contributed by atoms with Gasteiger partial charge < -0.3 is 14.7 Å². The maximum Gasteiger partial charge on any atom is 0.326 e. The van der Waals surface area contributed by atoms with Crippen LogP contribution >= 0.6 is 15.9 Å². The predicted octanol–water partition coefficient (Wildman–Crippen LogP) is 2.46. The van der Waals surface area contributed by atoms with Crippen molar-refractivity contribution < 1.29 is 19.4 Å². The molecule has 2 unspecified atom stereocenters. The van der Waals surface area contributed by atoms with Gasteiger partial charge in [-0.3, -0.25) is 4.79 Å². The molecule has 0 aromatic heterocycles. The van der Waals surface area contributed by atoms with E-state index in [1.807, 2.05) is 19.1 Å². The minimum atomic E-state index is -1.05. The molecule has 0 saturated carbocycles. The van der Waals surface area contributed by atoms with E-state index in [-0.39, 0.29) is 5.91 Å². The van der Waals surface area contributed by atoms with Crippen molar-refractivity contribution in [1.82, 2.24) is 4.90 Å². The minimum Gasteiger partial charge on any atom is -0.480 e. The highest BCUT2D eigenvalue weighted by Crippen LogP contribution is 2.26. The Morgan fingerprint density at radius 3 is 2.45 bits per heavy atom. The highest BCUT2D eigenvalue weighted by molar-refractivity contribution is 9.10. The van der Waals surface area contributed by atoms with Crippen LogP contribution in [0, 0.1) is 6.92 Å². The largest absolute Gasteiger partial charge is 0.480 e. The number of carbonyl (C=O) groups is 2. The molecule has 0 radical (unpaired) electrons. The molecule has 0 aliphatic heterocycles. The number of benzene rings is 1. The van der Waals surface area contributed by atoms with Crippen molar-refractivity contribution in [3.05, 3.63) is 28.2 Å². The third-order valence-electron chi connectivity index (χ3n) is 3.02. The normalized spacial score (nSPS) is 13.4. The highest BCUT2D eigenvalue weighted by atomic mass is 79.9. The molecule has 0 aliphatic carbocycles. The third-order valence-corrected chi connectivity index (χ3v) is 3.64. The Morgan fingerprint density at radius 2 is 1.95 bits per heavy atom. The lowest BCUT2D eigenvalue weighted by Crippen LogP contribution is -2.46. The molecular formula is C14H18BrNO4. The fourth-order valence-corrected chi connectivity index (χ4v) is 2.17. The Morgan fingerprint density at radius 1 is 1.35 bits per heavy atom. The number of carboxylic acids is 1. The maximum absolute atomic E-state index is 12.1. The maximum atomic E-state index is 12.1. The van der Waals surface area contributed by atoms with Gasteiger partial charge in [0, 0.05) is 7.05 Å². The topological polar surface area (TPSA) is 66.8 Å². The van der Waals surface area contributed by atoms with E-state index in [2.05, 4.69) is 15.9 Å². The smallest absolute Gasteiger partial charge is 0.326 e. The number of carboxylic acid groups (broad SMARTS) is 1. The van der Waals surface area contributed by atoms with Crippen molar-refractivity contribution in [2.24, 2.45) is 0 Å². The highest BCUT2D eigenvalue weighted by Gasteiger charge is 2.27. The van der Waals surface area contributed by atoms with Crippen molar-refractivity contribution in [1.29, 1.82) is 0 Å². The number of rotatable bonds is 5. The Labute approximate surface area is 126 Å². The molecule has 1 aromatic rings. The van der Waals surface area contributed by atoms with Gasteiger partial charge in [0.25, 0.3) is 5.91 Å². The van der Waals surface area contributed by atoms with Gasteiger partial charge in [-0.1, -0.05) is 6.07 Å². The summed E-state index contributed by atoms with van der Waals surface area (Å²) < 4.78 is 6.34. The summed E-state index contributed by atoms with van der Waals surface area (Å²) in [5, 5.41) is 8.91. The average molecular weight is 344 g/mol. The summed E-state index contributed by atoms with van der Waals surface area (Å²) in [5.74, 6) is -0.884. The van der Waals surface area contributed by atoms with Crippen molar-refractivity contribution in [2.45, 2.75) is 32.9 Å². The Balaban J connectivity index is 2.77. The second-order valence-electron chi connectivity index (χ2n) is 4.66. The Kier molecular flexibility index (Phi) is 5.56. The number of nitrogens with zero attached hydrogens (tertiary/aromatic N) is 1. The molecule has 0 bridgehead atoms. The van der Waals surface area contributed by atoms with Crippen LogP contribution in [0.5, 0.6) is 5.75 Å². The quantitative estimate of drug-likeness (QED) is 0.891. The summed E-state index contributed by atoms with van der Waals surface area (Å²) in [5.41, 5.74) is 1.07. The molecule has 1 aromatic carbocycles. The summed E-state index contributed by atoms with van der Waals surface area (Å²) in [4.78, 5) is 24.1. The first-order valence-corrected chi connectivity index (χ1v) is 6.95. The van der Waals surface area contributed by atoms with Gasteiger partial charge in [-0.15, -0.1) is 0 Å². The number of amides is 1. The number of aliphatic carboxylic acids is 1. The molecule has 0 saturated heterocycles. The van der Waals surface area contributed by atoms with Crippen LogP contribution in [0.1, 0.15) is 19.4 Å². The van der Waals surface area contributed by atoms with Gasteiger partial charge in [0.2, 0.25) is 0 Å². The molecule has 0 fully saturated rings. The molecule has 5 nitrogen and oxygen atoms in total. The molecule has 0 spiro atoms. The van der Waals surface area contributed by atoms with Crippen LogP contribution in [0.4, 0.5) is 0 Å². The number of carbonyl (C=O) groups excluding carboxylic acids is 1. The number of ether oxygens (including phenoxy) is 1. The Bertz CT molecular complexity index is 518. The molecule has 1 rings (SSSR count).